The molecule has 0 bridgehead atoms. The van der Waals surface area contributed by atoms with Crippen LogP contribution in [0.3, 0.4) is 0 Å². The van der Waals surface area contributed by atoms with Crippen LogP contribution in [0, 0.1) is 0 Å². The SMILES string of the molecule is CC(C)c1ccc2ncc(C(=O)c3ccccc3)c(O)c2c1. The summed E-state index contributed by atoms with van der Waals surface area (Å²) in [6.07, 6.45) is 1.45. The highest BCUT2D eigenvalue weighted by Crippen LogP contribution is 2.31. The molecule has 0 saturated heterocycles. The Kier molecular flexibility index (Phi) is 3.63. The average molecular weight is 291 g/mol. The van der Waals surface area contributed by atoms with Crippen molar-refractivity contribution in [3.8, 4) is 5.75 Å². The molecule has 0 aliphatic rings. The molecule has 110 valence electrons. The van der Waals surface area contributed by atoms with Gasteiger partial charge in [-0.3, -0.25) is 9.78 Å². The quantitative estimate of drug-likeness (QED) is 0.732. The van der Waals surface area contributed by atoms with Gasteiger partial charge in [0.05, 0.1) is 11.1 Å². The number of rotatable bonds is 3. The van der Waals surface area contributed by atoms with E-state index in [-0.39, 0.29) is 17.1 Å². The predicted molar refractivity (Wildman–Crippen MR) is 87.4 cm³/mol. The van der Waals surface area contributed by atoms with E-state index in [2.05, 4.69) is 18.8 Å². The number of hydrogen-bond donors (Lipinski definition) is 1. The molecule has 22 heavy (non-hydrogen) atoms. The first-order chi connectivity index (χ1) is 10.6. The molecule has 3 heteroatoms. The van der Waals surface area contributed by atoms with Crippen molar-refractivity contribution in [1.29, 1.82) is 0 Å². The smallest absolute Gasteiger partial charge is 0.198 e. The molecule has 0 aliphatic heterocycles. The van der Waals surface area contributed by atoms with Crippen molar-refractivity contribution in [2.24, 2.45) is 0 Å². The first-order valence-corrected chi connectivity index (χ1v) is 7.29. The maximum atomic E-state index is 12.5. The van der Waals surface area contributed by atoms with E-state index in [1.54, 1.807) is 24.3 Å². The van der Waals surface area contributed by atoms with Gasteiger partial charge in [-0.05, 0) is 23.6 Å². The summed E-state index contributed by atoms with van der Waals surface area (Å²) < 4.78 is 0. The van der Waals surface area contributed by atoms with Gasteiger partial charge in [0, 0.05) is 17.1 Å². The third kappa shape index (κ3) is 2.46. The Morgan fingerprint density at radius 2 is 1.82 bits per heavy atom. The van der Waals surface area contributed by atoms with E-state index < -0.39 is 0 Å². The Morgan fingerprint density at radius 1 is 1.09 bits per heavy atom. The van der Waals surface area contributed by atoms with Gasteiger partial charge in [0.2, 0.25) is 0 Å². The number of nitrogens with zero attached hydrogens (tertiary/aromatic N) is 1. The molecule has 1 N–H and O–H groups in total. The number of aromatic nitrogens is 1. The molecule has 1 aromatic heterocycles. The second-order valence-electron chi connectivity index (χ2n) is 5.65. The van der Waals surface area contributed by atoms with E-state index >= 15 is 0 Å². The number of benzene rings is 2. The monoisotopic (exact) mass is 291 g/mol. The maximum absolute atomic E-state index is 12.5. The lowest BCUT2D eigenvalue weighted by atomic mass is 9.98. The molecule has 3 aromatic rings. The van der Waals surface area contributed by atoms with E-state index in [0.29, 0.717) is 22.4 Å². The van der Waals surface area contributed by atoms with Crippen molar-refractivity contribution in [3.63, 3.8) is 0 Å². The van der Waals surface area contributed by atoms with Crippen molar-refractivity contribution >= 4 is 16.7 Å². The van der Waals surface area contributed by atoms with Gasteiger partial charge in [-0.25, -0.2) is 0 Å². The standard InChI is InChI=1S/C19H17NO2/c1-12(2)14-8-9-17-15(10-14)19(22)16(11-20-17)18(21)13-6-4-3-5-7-13/h3-12H,1-2H3,(H,20,22). The molecule has 0 atom stereocenters. The van der Waals surface area contributed by atoms with E-state index in [1.165, 1.54) is 6.20 Å². The number of carbonyl (C=O) groups excluding carboxylic acids is 1. The van der Waals surface area contributed by atoms with Crippen LogP contribution < -0.4 is 0 Å². The average Bonchev–Trinajstić information content (AvgIpc) is 2.55. The molecule has 3 rings (SSSR count). The Morgan fingerprint density at radius 3 is 2.50 bits per heavy atom. The summed E-state index contributed by atoms with van der Waals surface area (Å²) in [6.45, 7) is 4.18. The van der Waals surface area contributed by atoms with Crippen molar-refractivity contribution in [2.45, 2.75) is 19.8 Å². The fourth-order valence-electron chi connectivity index (χ4n) is 2.47. The number of pyridine rings is 1. The summed E-state index contributed by atoms with van der Waals surface area (Å²) in [5, 5.41) is 11.1. The number of fused-ring (bicyclic) bond motifs is 1. The van der Waals surface area contributed by atoms with Crippen LogP contribution in [0.15, 0.2) is 54.7 Å². The van der Waals surface area contributed by atoms with Gasteiger partial charge in [0.15, 0.2) is 5.78 Å². The first-order valence-electron chi connectivity index (χ1n) is 7.29. The lowest BCUT2D eigenvalue weighted by Gasteiger charge is -2.10. The Balaban J connectivity index is 2.15. The van der Waals surface area contributed by atoms with Crippen molar-refractivity contribution in [1.82, 2.24) is 4.98 Å². The summed E-state index contributed by atoms with van der Waals surface area (Å²) in [5.74, 6) is 0.126. The van der Waals surface area contributed by atoms with Gasteiger partial charge < -0.3 is 5.11 Å². The van der Waals surface area contributed by atoms with Gasteiger partial charge in [-0.1, -0.05) is 50.2 Å². The Bertz CT molecular complexity index is 839. The van der Waals surface area contributed by atoms with E-state index in [9.17, 15) is 9.90 Å². The van der Waals surface area contributed by atoms with Crippen LogP contribution in [-0.2, 0) is 0 Å². The van der Waals surface area contributed by atoms with Gasteiger partial charge in [0.1, 0.15) is 5.75 Å². The lowest BCUT2D eigenvalue weighted by molar-refractivity contribution is 0.103. The molecule has 2 aromatic carbocycles. The molecule has 1 heterocycles. The highest BCUT2D eigenvalue weighted by atomic mass is 16.3. The maximum Gasteiger partial charge on any atom is 0.198 e. The molecule has 0 radical (unpaired) electrons. The normalized spacial score (nSPS) is 11.0. The van der Waals surface area contributed by atoms with Crippen LogP contribution >= 0.6 is 0 Å². The van der Waals surface area contributed by atoms with Crippen LogP contribution in [0.5, 0.6) is 5.75 Å². The number of aromatic hydroxyl groups is 1. The van der Waals surface area contributed by atoms with Crippen LogP contribution in [-0.4, -0.2) is 15.9 Å². The number of ketones is 1. The zero-order valence-corrected chi connectivity index (χ0v) is 12.6. The van der Waals surface area contributed by atoms with Gasteiger partial charge in [0.25, 0.3) is 0 Å². The first kappa shape index (κ1) is 14.3. The fraction of sp³-hybridized carbons (Fsp3) is 0.158. The van der Waals surface area contributed by atoms with Crippen LogP contribution in [0.25, 0.3) is 10.9 Å². The van der Waals surface area contributed by atoms with Crippen molar-refractivity contribution < 1.29 is 9.90 Å². The molecule has 0 saturated carbocycles. The largest absolute Gasteiger partial charge is 0.506 e. The zero-order valence-electron chi connectivity index (χ0n) is 12.6. The second-order valence-corrected chi connectivity index (χ2v) is 5.65. The molecule has 0 fully saturated rings. The van der Waals surface area contributed by atoms with Gasteiger partial charge >= 0.3 is 0 Å². The molecule has 0 amide bonds. The fourth-order valence-corrected chi connectivity index (χ4v) is 2.47. The molecule has 0 aliphatic carbocycles. The van der Waals surface area contributed by atoms with Gasteiger partial charge in [-0.15, -0.1) is 0 Å². The zero-order chi connectivity index (χ0) is 15.7. The number of hydrogen-bond acceptors (Lipinski definition) is 3. The highest BCUT2D eigenvalue weighted by Gasteiger charge is 2.17. The molecule has 0 unspecified atom stereocenters. The van der Waals surface area contributed by atoms with Crippen molar-refractivity contribution in [3.05, 3.63) is 71.4 Å². The lowest BCUT2D eigenvalue weighted by Crippen LogP contribution is -2.03. The van der Waals surface area contributed by atoms with Crippen molar-refractivity contribution in [2.75, 3.05) is 0 Å². The van der Waals surface area contributed by atoms with Crippen LogP contribution in [0.4, 0.5) is 0 Å². The molecular formula is C19H17NO2. The third-order valence-corrected chi connectivity index (χ3v) is 3.81. The molecule has 3 nitrogen and oxygen atoms in total. The third-order valence-electron chi connectivity index (χ3n) is 3.81. The summed E-state index contributed by atoms with van der Waals surface area (Å²) in [4.78, 5) is 16.8. The van der Waals surface area contributed by atoms with E-state index in [1.807, 2.05) is 24.3 Å². The Labute approximate surface area is 129 Å². The predicted octanol–water partition coefficient (Wildman–Crippen LogP) is 4.29. The molecular weight excluding hydrogens is 274 g/mol. The van der Waals surface area contributed by atoms with Crippen LogP contribution in [0.1, 0.15) is 41.3 Å². The summed E-state index contributed by atoms with van der Waals surface area (Å²) in [6, 6.07) is 14.7. The summed E-state index contributed by atoms with van der Waals surface area (Å²) in [5.41, 5.74) is 2.57. The molecule has 0 spiro atoms. The minimum atomic E-state index is -0.220. The van der Waals surface area contributed by atoms with Crippen LogP contribution in [0.2, 0.25) is 0 Å². The highest BCUT2D eigenvalue weighted by molar-refractivity contribution is 6.12. The Hall–Kier alpha value is -2.68. The minimum Gasteiger partial charge on any atom is -0.506 e. The number of carbonyl (C=O) groups is 1. The minimum absolute atomic E-state index is 0.00125. The van der Waals surface area contributed by atoms with E-state index in [0.717, 1.165) is 5.56 Å². The van der Waals surface area contributed by atoms with E-state index in [4.69, 9.17) is 0 Å². The second kappa shape index (κ2) is 5.60. The van der Waals surface area contributed by atoms with Gasteiger partial charge in [-0.2, -0.15) is 0 Å². The summed E-state index contributed by atoms with van der Waals surface area (Å²) in [7, 11) is 0. The topological polar surface area (TPSA) is 50.2 Å². The summed E-state index contributed by atoms with van der Waals surface area (Å²) >= 11 is 0.